The molecule has 0 unspecified atom stereocenters. The summed E-state index contributed by atoms with van der Waals surface area (Å²) in [5, 5.41) is 2.89. The van der Waals surface area contributed by atoms with E-state index >= 15 is 0 Å². The lowest BCUT2D eigenvalue weighted by Crippen LogP contribution is -2.40. The number of para-hydroxylation sites is 2. The van der Waals surface area contributed by atoms with Crippen molar-refractivity contribution in [2.45, 2.75) is 32.1 Å². The van der Waals surface area contributed by atoms with Crippen molar-refractivity contribution in [2.75, 3.05) is 16.0 Å². The Morgan fingerprint density at radius 3 is 2.72 bits per heavy atom. The van der Waals surface area contributed by atoms with Crippen molar-refractivity contribution in [3.05, 3.63) is 59.7 Å². The van der Waals surface area contributed by atoms with E-state index in [-0.39, 0.29) is 17.9 Å². The van der Waals surface area contributed by atoms with Crippen LogP contribution in [-0.4, -0.2) is 23.6 Å². The standard InChI is InChI=1S/C20H22N2O2S/c1-14-7-3-4-8-16(14)12-25-13-20(24)22-15(2)11-19(23)21-17-9-5-6-10-18(17)22/h3-10,15H,11-13H2,1-2H3,(H,21,23)/t15-/m1/s1. The van der Waals surface area contributed by atoms with Gasteiger partial charge in [0.2, 0.25) is 11.8 Å². The Kier molecular flexibility index (Phi) is 5.43. The highest BCUT2D eigenvalue weighted by Gasteiger charge is 2.29. The maximum atomic E-state index is 12.9. The summed E-state index contributed by atoms with van der Waals surface area (Å²) in [5.41, 5.74) is 3.98. The summed E-state index contributed by atoms with van der Waals surface area (Å²) < 4.78 is 0. The number of rotatable bonds is 4. The molecule has 1 N–H and O–H groups in total. The topological polar surface area (TPSA) is 49.4 Å². The molecule has 2 aromatic rings. The third-order valence-corrected chi connectivity index (χ3v) is 5.34. The van der Waals surface area contributed by atoms with Gasteiger partial charge in [-0.3, -0.25) is 9.59 Å². The van der Waals surface area contributed by atoms with Gasteiger partial charge >= 0.3 is 0 Å². The lowest BCUT2D eigenvalue weighted by atomic mass is 10.1. The molecular formula is C20H22N2O2S. The van der Waals surface area contributed by atoms with E-state index in [0.717, 1.165) is 11.4 Å². The maximum absolute atomic E-state index is 12.9. The summed E-state index contributed by atoms with van der Waals surface area (Å²) in [7, 11) is 0. The number of hydrogen-bond donors (Lipinski definition) is 1. The molecule has 3 rings (SSSR count). The number of nitrogens with one attached hydrogen (secondary N) is 1. The van der Waals surface area contributed by atoms with E-state index in [0.29, 0.717) is 17.9 Å². The predicted molar refractivity (Wildman–Crippen MR) is 104 cm³/mol. The summed E-state index contributed by atoms with van der Waals surface area (Å²) >= 11 is 1.61. The van der Waals surface area contributed by atoms with Crippen molar-refractivity contribution in [3.8, 4) is 0 Å². The van der Waals surface area contributed by atoms with Crippen LogP contribution in [0.5, 0.6) is 0 Å². The SMILES string of the molecule is Cc1ccccc1CSCC(=O)N1c2ccccc2NC(=O)C[C@H]1C. The number of amides is 2. The lowest BCUT2D eigenvalue weighted by Gasteiger charge is -2.27. The molecule has 0 bridgehead atoms. The lowest BCUT2D eigenvalue weighted by molar-refractivity contribution is -0.117. The molecule has 0 saturated heterocycles. The van der Waals surface area contributed by atoms with Crippen molar-refractivity contribution in [3.63, 3.8) is 0 Å². The second-order valence-electron chi connectivity index (χ2n) is 6.30. The quantitative estimate of drug-likeness (QED) is 0.903. The van der Waals surface area contributed by atoms with Crippen LogP contribution < -0.4 is 10.2 Å². The molecule has 1 aliphatic heterocycles. The van der Waals surface area contributed by atoms with Gasteiger partial charge in [-0.1, -0.05) is 36.4 Å². The van der Waals surface area contributed by atoms with Gasteiger partial charge in [-0.05, 0) is 37.1 Å². The molecule has 1 aliphatic rings. The molecule has 0 radical (unpaired) electrons. The van der Waals surface area contributed by atoms with E-state index in [2.05, 4.69) is 24.4 Å². The number of carbonyl (C=O) groups is 2. The van der Waals surface area contributed by atoms with E-state index in [4.69, 9.17) is 0 Å². The van der Waals surface area contributed by atoms with Crippen LogP contribution in [0.15, 0.2) is 48.5 Å². The first-order valence-electron chi connectivity index (χ1n) is 8.39. The smallest absolute Gasteiger partial charge is 0.237 e. The van der Waals surface area contributed by atoms with Crippen LogP contribution in [0.25, 0.3) is 0 Å². The highest BCUT2D eigenvalue weighted by Crippen LogP contribution is 2.32. The fourth-order valence-electron chi connectivity index (χ4n) is 3.06. The molecule has 0 saturated carbocycles. The van der Waals surface area contributed by atoms with E-state index in [9.17, 15) is 9.59 Å². The third kappa shape index (κ3) is 4.04. The van der Waals surface area contributed by atoms with Crippen LogP contribution >= 0.6 is 11.8 Å². The number of benzene rings is 2. The zero-order chi connectivity index (χ0) is 17.8. The first-order chi connectivity index (χ1) is 12.1. The summed E-state index contributed by atoms with van der Waals surface area (Å²) in [5.74, 6) is 1.18. The van der Waals surface area contributed by atoms with E-state index in [1.807, 2.05) is 43.3 Å². The van der Waals surface area contributed by atoms with Gasteiger partial charge in [0.15, 0.2) is 0 Å². The van der Waals surface area contributed by atoms with Crippen molar-refractivity contribution in [2.24, 2.45) is 0 Å². The highest BCUT2D eigenvalue weighted by atomic mass is 32.2. The molecule has 1 heterocycles. The molecule has 2 aromatic carbocycles. The monoisotopic (exact) mass is 354 g/mol. The number of thioether (sulfide) groups is 1. The molecule has 0 fully saturated rings. The van der Waals surface area contributed by atoms with Gasteiger partial charge in [-0.2, -0.15) is 0 Å². The highest BCUT2D eigenvalue weighted by molar-refractivity contribution is 7.99. The number of carbonyl (C=O) groups excluding carboxylic acids is 2. The van der Waals surface area contributed by atoms with Crippen LogP contribution in [-0.2, 0) is 15.3 Å². The zero-order valence-corrected chi connectivity index (χ0v) is 15.3. The van der Waals surface area contributed by atoms with Crippen LogP contribution in [0.2, 0.25) is 0 Å². The fourth-order valence-corrected chi connectivity index (χ4v) is 4.02. The van der Waals surface area contributed by atoms with Crippen molar-refractivity contribution < 1.29 is 9.59 Å². The minimum Gasteiger partial charge on any atom is -0.324 e. The summed E-state index contributed by atoms with van der Waals surface area (Å²) in [4.78, 5) is 26.6. The summed E-state index contributed by atoms with van der Waals surface area (Å²) in [6, 6.07) is 15.6. The van der Waals surface area contributed by atoms with Gasteiger partial charge in [0.05, 0.1) is 17.1 Å². The minimum absolute atomic E-state index is 0.0371. The molecule has 0 aliphatic carbocycles. The van der Waals surface area contributed by atoms with Gasteiger partial charge in [0.25, 0.3) is 0 Å². The Morgan fingerprint density at radius 2 is 1.92 bits per heavy atom. The average molecular weight is 354 g/mol. The zero-order valence-electron chi connectivity index (χ0n) is 14.5. The molecule has 25 heavy (non-hydrogen) atoms. The Balaban J connectivity index is 1.72. The van der Waals surface area contributed by atoms with Crippen LogP contribution in [0, 0.1) is 6.92 Å². The molecule has 2 amide bonds. The largest absolute Gasteiger partial charge is 0.324 e. The minimum atomic E-state index is -0.157. The predicted octanol–water partition coefficient (Wildman–Crippen LogP) is 3.99. The van der Waals surface area contributed by atoms with E-state index in [1.54, 1.807) is 16.7 Å². The summed E-state index contributed by atoms with van der Waals surface area (Å²) in [6.45, 7) is 4.01. The molecular weight excluding hydrogens is 332 g/mol. The van der Waals surface area contributed by atoms with E-state index < -0.39 is 0 Å². The molecule has 0 aromatic heterocycles. The van der Waals surface area contributed by atoms with Gasteiger partial charge in [-0.25, -0.2) is 0 Å². The molecule has 0 spiro atoms. The van der Waals surface area contributed by atoms with Gasteiger partial charge in [-0.15, -0.1) is 11.8 Å². The van der Waals surface area contributed by atoms with E-state index in [1.165, 1.54) is 11.1 Å². The first-order valence-corrected chi connectivity index (χ1v) is 9.55. The Labute approximate surface area is 152 Å². The summed E-state index contributed by atoms with van der Waals surface area (Å²) in [6.07, 6.45) is 0.308. The number of nitrogens with zero attached hydrogens (tertiary/aromatic N) is 1. The molecule has 5 heteroatoms. The number of fused-ring (bicyclic) bond motifs is 1. The molecule has 130 valence electrons. The molecule has 1 atom stereocenters. The van der Waals surface area contributed by atoms with Gasteiger partial charge in [0.1, 0.15) is 0 Å². The normalized spacial score (nSPS) is 16.8. The Hall–Kier alpha value is -2.27. The average Bonchev–Trinajstić information content (AvgIpc) is 2.70. The molecule has 4 nitrogen and oxygen atoms in total. The third-order valence-electron chi connectivity index (χ3n) is 4.37. The van der Waals surface area contributed by atoms with Crippen molar-refractivity contribution in [1.82, 2.24) is 0 Å². The van der Waals surface area contributed by atoms with Crippen molar-refractivity contribution in [1.29, 1.82) is 0 Å². The Morgan fingerprint density at radius 1 is 1.20 bits per heavy atom. The van der Waals surface area contributed by atoms with Crippen LogP contribution in [0.3, 0.4) is 0 Å². The second kappa shape index (κ2) is 7.74. The van der Waals surface area contributed by atoms with Gasteiger partial charge < -0.3 is 10.2 Å². The number of anilines is 2. The fraction of sp³-hybridized carbons (Fsp3) is 0.300. The van der Waals surface area contributed by atoms with Gasteiger partial charge in [0, 0.05) is 18.2 Å². The van der Waals surface area contributed by atoms with Crippen molar-refractivity contribution >= 4 is 35.0 Å². The second-order valence-corrected chi connectivity index (χ2v) is 7.29. The number of aryl methyl sites for hydroxylation is 1. The number of hydrogen-bond acceptors (Lipinski definition) is 3. The maximum Gasteiger partial charge on any atom is 0.237 e. The Bertz CT molecular complexity index is 791. The van der Waals surface area contributed by atoms with Crippen LogP contribution in [0.4, 0.5) is 11.4 Å². The van der Waals surface area contributed by atoms with Crippen LogP contribution in [0.1, 0.15) is 24.5 Å². The first kappa shape index (κ1) is 17.5.